The van der Waals surface area contributed by atoms with Gasteiger partial charge in [-0.1, -0.05) is 6.07 Å². The number of sulfonamides is 1. The zero-order chi connectivity index (χ0) is 24.4. The molecule has 11 nitrogen and oxygen atoms in total. The van der Waals surface area contributed by atoms with Crippen molar-refractivity contribution >= 4 is 39.1 Å². The largest absolute Gasteiger partial charge is 0.447 e. The zero-order valence-electron chi connectivity index (χ0n) is 18.8. The van der Waals surface area contributed by atoms with Gasteiger partial charge in [-0.2, -0.15) is 4.31 Å². The number of amides is 2. The summed E-state index contributed by atoms with van der Waals surface area (Å²) in [5.74, 6) is -0.318. The van der Waals surface area contributed by atoms with E-state index >= 15 is 0 Å². The minimum atomic E-state index is -3.59. The molecular formula is C22H28N4O7S. The summed E-state index contributed by atoms with van der Waals surface area (Å²) in [7, 11) is -2.08. The van der Waals surface area contributed by atoms with Gasteiger partial charge in [-0.05, 0) is 42.5 Å². The third-order valence-electron chi connectivity index (χ3n) is 4.83. The van der Waals surface area contributed by atoms with Gasteiger partial charge in [0, 0.05) is 37.3 Å². The van der Waals surface area contributed by atoms with Gasteiger partial charge in [0.1, 0.15) is 6.61 Å². The van der Waals surface area contributed by atoms with Crippen LogP contribution in [0.15, 0.2) is 53.4 Å². The molecule has 0 aromatic heterocycles. The first kappa shape index (κ1) is 25.4. The van der Waals surface area contributed by atoms with E-state index in [0.717, 1.165) is 0 Å². The van der Waals surface area contributed by atoms with Crippen molar-refractivity contribution in [3.8, 4) is 0 Å². The lowest BCUT2D eigenvalue weighted by Crippen LogP contribution is -2.40. The van der Waals surface area contributed by atoms with E-state index < -0.39 is 16.1 Å². The molecule has 0 bridgehead atoms. The Bertz CT molecular complexity index is 1070. The van der Waals surface area contributed by atoms with Crippen LogP contribution < -0.4 is 16.0 Å². The summed E-state index contributed by atoms with van der Waals surface area (Å²) in [6.07, 6.45) is -0.606. The Labute approximate surface area is 198 Å². The van der Waals surface area contributed by atoms with E-state index in [1.54, 1.807) is 36.4 Å². The standard InChI is InChI=1S/C22H28N4O7S/c1-31-13-14-33-22(28)25-19-4-2-3-18(15-19)23-16-21(27)24-17-5-7-20(8-6-17)34(29,30)26-9-11-32-12-10-26/h2-8,15,23H,9-14,16H2,1H3,(H,24,27)(H,25,28). The van der Waals surface area contributed by atoms with E-state index in [1.165, 1.54) is 23.5 Å². The van der Waals surface area contributed by atoms with Crippen LogP contribution in [-0.2, 0) is 29.0 Å². The van der Waals surface area contributed by atoms with Crippen molar-refractivity contribution in [1.29, 1.82) is 0 Å². The summed E-state index contributed by atoms with van der Waals surface area (Å²) in [5.41, 5.74) is 1.60. The van der Waals surface area contributed by atoms with Crippen LogP contribution in [0.1, 0.15) is 0 Å². The summed E-state index contributed by atoms with van der Waals surface area (Å²) < 4.78 is 41.7. The second-order valence-corrected chi connectivity index (χ2v) is 9.22. The zero-order valence-corrected chi connectivity index (χ0v) is 19.6. The number of carbonyl (C=O) groups is 2. The number of benzene rings is 2. The van der Waals surface area contributed by atoms with Crippen LogP contribution in [0.3, 0.4) is 0 Å². The fourth-order valence-corrected chi connectivity index (χ4v) is 4.52. The first-order chi connectivity index (χ1) is 16.4. The number of nitrogens with one attached hydrogen (secondary N) is 3. The third kappa shape index (κ3) is 7.42. The topological polar surface area (TPSA) is 135 Å². The molecule has 0 saturated carbocycles. The van der Waals surface area contributed by atoms with Crippen LogP contribution in [0, 0.1) is 0 Å². The summed E-state index contributed by atoms with van der Waals surface area (Å²) in [6, 6.07) is 12.9. The van der Waals surface area contributed by atoms with E-state index in [4.69, 9.17) is 14.2 Å². The van der Waals surface area contributed by atoms with Gasteiger partial charge in [-0.3, -0.25) is 10.1 Å². The Morgan fingerprint density at radius 1 is 0.971 bits per heavy atom. The number of hydrogen-bond donors (Lipinski definition) is 3. The van der Waals surface area contributed by atoms with Crippen molar-refractivity contribution in [3.05, 3.63) is 48.5 Å². The van der Waals surface area contributed by atoms with Crippen LogP contribution in [-0.4, -0.2) is 77.9 Å². The second kappa shape index (κ2) is 12.3. The van der Waals surface area contributed by atoms with Crippen molar-refractivity contribution in [1.82, 2.24) is 4.31 Å². The van der Waals surface area contributed by atoms with Gasteiger partial charge in [0.05, 0.1) is 31.3 Å². The number of rotatable bonds is 10. The molecule has 0 aliphatic carbocycles. The molecule has 1 heterocycles. The molecule has 1 aliphatic rings. The smallest absolute Gasteiger partial charge is 0.411 e. The number of nitrogens with zero attached hydrogens (tertiary/aromatic N) is 1. The molecule has 1 saturated heterocycles. The number of methoxy groups -OCH3 is 1. The van der Waals surface area contributed by atoms with Crippen LogP contribution in [0.2, 0.25) is 0 Å². The average Bonchev–Trinajstić information content (AvgIpc) is 2.84. The van der Waals surface area contributed by atoms with Crippen molar-refractivity contribution in [2.24, 2.45) is 0 Å². The summed E-state index contributed by atoms with van der Waals surface area (Å²) >= 11 is 0. The molecule has 3 rings (SSSR count). The monoisotopic (exact) mass is 492 g/mol. The lowest BCUT2D eigenvalue weighted by molar-refractivity contribution is -0.114. The predicted octanol–water partition coefficient (Wildman–Crippen LogP) is 1.95. The Morgan fingerprint density at radius 2 is 1.68 bits per heavy atom. The lowest BCUT2D eigenvalue weighted by Gasteiger charge is -2.26. The van der Waals surface area contributed by atoms with Crippen LogP contribution in [0.5, 0.6) is 0 Å². The minimum absolute atomic E-state index is 0.0322. The van der Waals surface area contributed by atoms with Crippen LogP contribution in [0.25, 0.3) is 0 Å². The summed E-state index contributed by atoms with van der Waals surface area (Å²) in [6.45, 7) is 1.79. The highest BCUT2D eigenvalue weighted by Crippen LogP contribution is 2.20. The molecule has 0 radical (unpaired) electrons. The predicted molar refractivity (Wildman–Crippen MR) is 126 cm³/mol. The minimum Gasteiger partial charge on any atom is -0.447 e. The highest BCUT2D eigenvalue weighted by atomic mass is 32.2. The number of ether oxygens (including phenoxy) is 3. The Morgan fingerprint density at radius 3 is 2.38 bits per heavy atom. The number of hydrogen-bond acceptors (Lipinski definition) is 8. The van der Waals surface area contributed by atoms with Gasteiger partial charge in [0.2, 0.25) is 15.9 Å². The molecule has 0 atom stereocenters. The molecular weight excluding hydrogens is 464 g/mol. The van der Waals surface area contributed by atoms with Gasteiger partial charge >= 0.3 is 6.09 Å². The number of morpholine rings is 1. The lowest BCUT2D eigenvalue weighted by atomic mass is 10.2. The normalized spacial score (nSPS) is 14.3. The number of carbonyl (C=O) groups excluding carboxylic acids is 2. The maximum Gasteiger partial charge on any atom is 0.411 e. The first-order valence-electron chi connectivity index (χ1n) is 10.6. The van der Waals surface area contributed by atoms with Gasteiger partial charge in [0.15, 0.2) is 0 Å². The highest BCUT2D eigenvalue weighted by Gasteiger charge is 2.26. The van der Waals surface area contributed by atoms with Crippen molar-refractivity contribution in [3.63, 3.8) is 0 Å². The average molecular weight is 493 g/mol. The molecule has 12 heteroatoms. The van der Waals surface area contributed by atoms with E-state index in [2.05, 4.69) is 16.0 Å². The van der Waals surface area contributed by atoms with Gasteiger partial charge in [0.25, 0.3) is 0 Å². The van der Waals surface area contributed by atoms with Crippen molar-refractivity contribution in [2.45, 2.75) is 4.90 Å². The van der Waals surface area contributed by atoms with Gasteiger partial charge < -0.3 is 24.8 Å². The van der Waals surface area contributed by atoms with E-state index in [1.807, 2.05) is 0 Å². The Hall–Kier alpha value is -3.19. The molecule has 2 amide bonds. The molecule has 34 heavy (non-hydrogen) atoms. The van der Waals surface area contributed by atoms with Gasteiger partial charge in [-0.25, -0.2) is 13.2 Å². The maximum absolute atomic E-state index is 12.7. The molecule has 0 unspecified atom stereocenters. The summed E-state index contributed by atoms with van der Waals surface area (Å²) in [4.78, 5) is 24.2. The van der Waals surface area contributed by atoms with E-state index in [9.17, 15) is 18.0 Å². The third-order valence-corrected chi connectivity index (χ3v) is 6.74. The van der Waals surface area contributed by atoms with E-state index in [0.29, 0.717) is 50.0 Å². The van der Waals surface area contributed by atoms with Crippen molar-refractivity contribution in [2.75, 3.05) is 69.1 Å². The fraction of sp³-hybridized carbons (Fsp3) is 0.364. The second-order valence-electron chi connectivity index (χ2n) is 7.28. The Kier molecular flexibility index (Phi) is 9.22. The van der Waals surface area contributed by atoms with Crippen LogP contribution >= 0.6 is 0 Å². The van der Waals surface area contributed by atoms with Crippen molar-refractivity contribution < 1.29 is 32.2 Å². The number of anilines is 3. The molecule has 0 spiro atoms. The molecule has 1 fully saturated rings. The van der Waals surface area contributed by atoms with Gasteiger partial charge in [-0.15, -0.1) is 0 Å². The quantitative estimate of drug-likeness (QED) is 0.429. The van der Waals surface area contributed by atoms with Crippen LogP contribution in [0.4, 0.5) is 21.9 Å². The molecule has 184 valence electrons. The SMILES string of the molecule is COCCOC(=O)Nc1cccc(NCC(=O)Nc2ccc(S(=O)(=O)N3CCOCC3)cc2)c1. The molecule has 2 aromatic rings. The molecule has 2 aromatic carbocycles. The molecule has 1 aliphatic heterocycles. The summed E-state index contributed by atoms with van der Waals surface area (Å²) in [5, 5.41) is 8.28. The maximum atomic E-state index is 12.7. The van der Waals surface area contributed by atoms with E-state index in [-0.39, 0.29) is 24.0 Å². The fourth-order valence-electron chi connectivity index (χ4n) is 3.11. The Balaban J connectivity index is 1.49. The highest BCUT2D eigenvalue weighted by molar-refractivity contribution is 7.89. The molecule has 3 N–H and O–H groups in total. The first-order valence-corrected chi connectivity index (χ1v) is 12.1.